The highest BCUT2D eigenvalue weighted by Gasteiger charge is 2.25. The van der Waals surface area contributed by atoms with Crippen LogP contribution < -0.4 is 15.0 Å². The number of rotatable bonds is 7. The topological polar surface area (TPSA) is 61.9 Å². The van der Waals surface area contributed by atoms with Crippen LogP contribution in [0.5, 0.6) is 5.75 Å². The van der Waals surface area contributed by atoms with Gasteiger partial charge >= 0.3 is 0 Å². The lowest BCUT2D eigenvalue weighted by atomic mass is 10.0. The first kappa shape index (κ1) is 20.4. The molecule has 2 saturated heterocycles. The summed E-state index contributed by atoms with van der Waals surface area (Å²) in [7, 11) is 1.67. The van der Waals surface area contributed by atoms with Crippen molar-refractivity contribution in [3.8, 4) is 5.75 Å². The predicted molar refractivity (Wildman–Crippen MR) is 117 cm³/mol. The molecule has 0 aliphatic carbocycles. The maximum Gasteiger partial charge on any atom is 0.251 e. The van der Waals surface area contributed by atoms with E-state index in [1.807, 2.05) is 24.3 Å². The summed E-state index contributed by atoms with van der Waals surface area (Å²) in [4.78, 5) is 28.9. The van der Waals surface area contributed by atoms with Gasteiger partial charge in [0.1, 0.15) is 5.75 Å². The standard InChI is InChI=1S/C24H29N3O3/c1-30-21-7-4-6-19(16-21)22(26-13-2-3-14-26)17-25-24(29)18-9-11-20(12-10-18)27-15-5-8-23(27)28/h4,6-7,9-12,16,22H,2-3,5,8,13-15,17H2,1H3,(H,25,29). The van der Waals surface area contributed by atoms with Crippen molar-refractivity contribution >= 4 is 17.5 Å². The van der Waals surface area contributed by atoms with Gasteiger partial charge in [0, 0.05) is 30.8 Å². The second kappa shape index (κ2) is 9.30. The normalized spacial score (nSPS) is 17.9. The lowest BCUT2D eigenvalue weighted by Crippen LogP contribution is -2.36. The number of nitrogens with one attached hydrogen (secondary N) is 1. The zero-order valence-corrected chi connectivity index (χ0v) is 17.5. The summed E-state index contributed by atoms with van der Waals surface area (Å²) in [5.41, 5.74) is 2.62. The fourth-order valence-electron chi connectivity index (χ4n) is 4.37. The van der Waals surface area contributed by atoms with Gasteiger partial charge in [0.25, 0.3) is 5.91 Å². The van der Waals surface area contributed by atoms with Gasteiger partial charge in [0.15, 0.2) is 0 Å². The minimum absolute atomic E-state index is 0.0959. The number of methoxy groups -OCH3 is 1. The lowest BCUT2D eigenvalue weighted by Gasteiger charge is -2.28. The third-order valence-electron chi connectivity index (χ3n) is 6.03. The van der Waals surface area contributed by atoms with Crippen molar-refractivity contribution in [3.05, 3.63) is 59.7 Å². The molecule has 2 aromatic carbocycles. The van der Waals surface area contributed by atoms with Crippen LogP contribution in [0.4, 0.5) is 5.69 Å². The highest BCUT2D eigenvalue weighted by atomic mass is 16.5. The van der Waals surface area contributed by atoms with Gasteiger partial charge in [-0.1, -0.05) is 12.1 Å². The van der Waals surface area contributed by atoms with E-state index in [2.05, 4.69) is 22.3 Å². The maximum absolute atomic E-state index is 12.8. The zero-order valence-electron chi connectivity index (χ0n) is 17.5. The van der Waals surface area contributed by atoms with E-state index >= 15 is 0 Å². The van der Waals surface area contributed by atoms with Crippen molar-refractivity contribution in [1.29, 1.82) is 0 Å². The molecule has 4 rings (SSSR count). The number of nitrogens with zero attached hydrogens (tertiary/aromatic N) is 2. The number of hydrogen-bond donors (Lipinski definition) is 1. The Morgan fingerprint density at radius 1 is 1.07 bits per heavy atom. The van der Waals surface area contributed by atoms with E-state index in [1.54, 1.807) is 24.1 Å². The minimum atomic E-state index is -0.0959. The fraction of sp³-hybridized carbons (Fsp3) is 0.417. The summed E-state index contributed by atoms with van der Waals surface area (Å²) < 4.78 is 5.39. The van der Waals surface area contributed by atoms with E-state index < -0.39 is 0 Å². The molecular formula is C24H29N3O3. The van der Waals surface area contributed by atoms with Crippen molar-refractivity contribution in [3.63, 3.8) is 0 Å². The van der Waals surface area contributed by atoms with Gasteiger partial charge in [0.2, 0.25) is 5.91 Å². The lowest BCUT2D eigenvalue weighted by molar-refractivity contribution is -0.117. The molecule has 2 fully saturated rings. The average molecular weight is 408 g/mol. The molecule has 0 aromatic heterocycles. The van der Waals surface area contributed by atoms with Crippen LogP contribution in [-0.2, 0) is 4.79 Å². The van der Waals surface area contributed by atoms with Crippen molar-refractivity contribution in [2.45, 2.75) is 31.7 Å². The summed E-state index contributed by atoms with van der Waals surface area (Å²) in [6, 6.07) is 15.5. The van der Waals surface area contributed by atoms with Crippen LogP contribution in [0.1, 0.15) is 47.6 Å². The second-order valence-electron chi connectivity index (χ2n) is 7.94. The van der Waals surface area contributed by atoms with Crippen LogP contribution in [0.3, 0.4) is 0 Å². The molecule has 6 nitrogen and oxygen atoms in total. The van der Waals surface area contributed by atoms with Crippen LogP contribution in [0.2, 0.25) is 0 Å². The first-order valence-electron chi connectivity index (χ1n) is 10.7. The van der Waals surface area contributed by atoms with Crippen molar-refractivity contribution in [1.82, 2.24) is 10.2 Å². The molecular weight excluding hydrogens is 378 g/mol. The van der Waals surface area contributed by atoms with Crippen LogP contribution in [-0.4, -0.2) is 50.0 Å². The highest BCUT2D eigenvalue weighted by molar-refractivity contribution is 5.97. The van der Waals surface area contributed by atoms with Gasteiger partial charge in [0.05, 0.1) is 13.2 Å². The number of carbonyl (C=O) groups excluding carboxylic acids is 2. The number of likely N-dealkylation sites (tertiary alicyclic amines) is 1. The first-order chi connectivity index (χ1) is 14.7. The highest BCUT2D eigenvalue weighted by Crippen LogP contribution is 2.27. The summed E-state index contributed by atoms with van der Waals surface area (Å²) >= 11 is 0. The van der Waals surface area contributed by atoms with Crippen molar-refractivity contribution < 1.29 is 14.3 Å². The average Bonchev–Trinajstić information content (AvgIpc) is 3.46. The summed E-state index contributed by atoms with van der Waals surface area (Å²) in [5, 5.41) is 3.11. The summed E-state index contributed by atoms with van der Waals surface area (Å²) in [6.45, 7) is 3.37. The fourth-order valence-corrected chi connectivity index (χ4v) is 4.37. The molecule has 2 aliphatic heterocycles. The number of ether oxygens (including phenoxy) is 1. The maximum atomic E-state index is 12.8. The number of carbonyl (C=O) groups is 2. The number of anilines is 1. The molecule has 1 unspecified atom stereocenters. The predicted octanol–water partition coefficient (Wildman–Crippen LogP) is 3.39. The van der Waals surface area contributed by atoms with E-state index in [4.69, 9.17) is 4.74 Å². The summed E-state index contributed by atoms with van der Waals surface area (Å²) in [6.07, 6.45) is 3.86. The Bertz CT molecular complexity index is 891. The van der Waals surface area contributed by atoms with E-state index in [-0.39, 0.29) is 17.9 Å². The van der Waals surface area contributed by atoms with Crippen LogP contribution >= 0.6 is 0 Å². The van der Waals surface area contributed by atoms with Gasteiger partial charge < -0.3 is 15.0 Å². The van der Waals surface area contributed by atoms with Gasteiger partial charge in [-0.15, -0.1) is 0 Å². The molecule has 0 radical (unpaired) electrons. The second-order valence-corrected chi connectivity index (χ2v) is 7.94. The Morgan fingerprint density at radius 2 is 1.83 bits per heavy atom. The van der Waals surface area contributed by atoms with Gasteiger partial charge in [-0.25, -0.2) is 0 Å². The molecule has 2 heterocycles. The molecule has 158 valence electrons. The van der Waals surface area contributed by atoms with E-state index in [9.17, 15) is 9.59 Å². The monoisotopic (exact) mass is 407 g/mol. The molecule has 0 spiro atoms. The SMILES string of the molecule is COc1cccc(C(CNC(=O)c2ccc(N3CCCC3=O)cc2)N2CCCC2)c1. The molecule has 0 saturated carbocycles. The Hall–Kier alpha value is -2.86. The van der Waals surface area contributed by atoms with Gasteiger partial charge in [-0.05, 0) is 74.3 Å². The van der Waals surface area contributed by atoms with Gasteiger partial charge in [-0.2, -0.15) is 0 Å². The Morgan fingerprint density at radius 3 is 2.50 bits per heavy atom. The molecule has 6 heteroatoms. The van der Waals surface area contributed by atoms with E-state index in [0.717, 1.165) is 43.1 Å². The Balaban J connectivity index is 1.43. The van der Waals surface area contributed by atoms with Gasteiger partial charge in [-0.3, -0.25) is 14.5 Å². The zero-order chi connectivity index (χ0) is 20.9. The molecule has 0 bridgehead atoms. The number of benzene rings is 2. The van der Waals surface area contributed by atoms with E-state index in [1.165, 1.54) is 12.8 Å². The van der Waals surface area contributed by atoms with Crippen molar-refractivity contribution in [2.24, 2.45) is 0 Å². The number of amides is 2. The third-order valence-corrected chi connectivity index (χ3v) is 6.03. The first-order valence-corrected chi connectivity index (χ1v) is 10.7. The molecule has 1 N–H and O–H groups in total. The van der Waals surface area contributed by atoms with Crippen molar-refractivity contribution in [2.75, 3.05) is 38.2 Å². The largest absolute Gasteiger partial charge is 0.497 e. The third kappa shape index (κ3) is 4.49. The Labute approximate surface area is 177 Å². The molecule has 2 aromatic rings. The quantitative estimate of drug-likeness (QED) is 0.764. The van der Waals surface area contributed by atoms with Crippen LogP contribution in [0.15, 0.2) is 48.5 Å². The smallest absolute Gasteiger partial charge is 0.251 e. The van der Waals surface area contributed by atoms with E-state index in [0.29, 0.717) is 18.5 Å². The minimum Gasteiger partial charge on any atom is -0.497 e. The number of hydrogen-bond acceptors (Lipinski definition) is 4. The molecule has 2 amide bonds. The molecule has 1 atom stereocenters. The molecule has 2 aliphatic rings. The van der Waals surface area contributed by atoms with Crippen LogP contribution in [0.25, 0.3) is 0 Å². The Kier molecular flexibility index (Phi) is 6.33. The van der Waals surface area contributed by atoms with Crippen LogP contribution in [0, 0.1) is 0 Å². The summed E-state index contributed by atoms with van der Waals surface area (Å²) in [5.74, 6) is 0.885. The molecule has 30 heavy (non-hydrogen) atoms.